The second-order valence-electron chi connectivity index (χ2n) is 5.00. The van der Waals surface area contributed by atoms with Crippen molar-refractivity contribution in [2.45, 2.75) is 13.3 Å². The number of anilines is 1. The Balaban J connectivity index is 1.44. The summed E-state index contributed by atoms with van der Waals surface area (Å²) < 4.78 is 1.92. The van der Waals surface area contributed by atoms with Gasteiger partial charge in [0.15, 0.2) is 10.1 Å². The van der Waals surface area contributed by atoms with Gasteiger partial charge in [-0.2, -0.15) is 0 Å². The number of carbonyl (C=O) groups is 1. The molecule has 0 fully saturated rings. The molecule has 4 heterocycles. The molecule has 0 aliphatic carbocycles. The van der Waals surface area contributed by atoms with E-state index in [1.807, 2.05) is 27.6 Å². The van der Waals surface area contributed by atoms with E-state index in [0.29, 0.717) is 5.13 Å². The predicted octanol–water partition coefficient (Wildman–Crippen LogP) is 4.07. The summed E-state index contributed by atoms with van der Waals surface area (Å²) in [6.45, 7) is 2.07. The number of imidazole rings is 1. The molecule has 0 radical (unpaired) electrons. The number of rotatable bonds is 4. The minimum Gasteiger partial charge on any atom is -0.302 e. The van der Waals surface area contributed by atoms with Gasteiger partial charge in [-0.3, -0.25) is 9.20 Å². The van der Waals surface area contributed by atoms with Gasteiger partial charge >= 0.3 is 0 Å². The van der Waals surface area contributed by atoms with Crippen molar-refractivity contribution in [3.8, 4) is 10.6 Å². The van der Waals surface area contributed by atoms with E-state index in [9.17, 15) is 4.79 Å². The van der Waals surface area contributed by atoms with E-state index < -0.39 is 0 Å². The molecule has 0 spiro atoms. The van der Waals surface area contributed by atoms with E-state index >= 15 is 0 Å². The number of thiazole rings is 2. The third-order valence-corrected chi connectivity index (χ3v) is 5.78. The molecule has 0 bridgehead atoms. The Hall–Kier alpha value is -2.03. The van der Waals surface area contributed by atoms with Gasteiger partial charge in [0.25, 0.3) is 0 Å². The van der Waals surface area contributed by atoms with Crippen LogP contribution in [0, 0.1) is 6.92 Å². The number of carbonyl (C=O) groups excluding carboxylic acids is 1. The highest BCUT2D eigenvalue weighted by Gasteiger charge is 2.12. The van der Waals surface area contributed by atoms with Crippen molar-refractivity contribution in [1.29, 1.82) is 0 Å². The van der Waals surface area contributed by atoms with Gasteiger partial charge in [-0.25, -0.2) is 9.97 Å². The zero-order chi connectivity index (χ0) is 15.8. The van der Waals surface area contributed by atoms with Crippen LogP contribution in [0.3, 0.4) is 0 Å². The first kappa shape index (κ1) is 14.6. The van der Waals surface area contributed by atoms with Gasteiger partial charge in [0.05, 0.1) is 22.7 Å². The van der Waals surface area contributed by atoms with Crippen LogP contribution >= 0.6 is 34.0 Å². The van der Waals surface area contributed by atoms with Crippen LogP contribution in [0.5, 0.6) is 0 Å². The molecule has 0 saturated carbocycles. The quantitative estimate of drug-likeness (QED) is 0.597. The summed E-state index contributed by atoms with van der Waals surface area (Å²) in [5, 5.41) is 7.41. The maximum Gasteiger partial charge on any atom is 0.232 e. The number of nitrogens with one attached hydrogen (secondary N) is 1. The van der Waals surface area contributed by atoms with Crippen LogP contribution in [0.4, 0.5) is 5.13 Å². The zero-order valence-electron chi connectivity index (χ0n) is 12.1. The Morgan fingerprint density at radius 1 is 1.30 bits per heavy atom. The van der Waals surface area contributed by atoms with Crippen molar-refractivity contribution in [3.05, 3.63) is 45.9 Å². The largest absolute Gasteiger partial charge is 0.302 e. The minimum atomic E-state index is -0.0981. The normalized spacial score (nSPS) is 11.2. The summed E-state index contributed by atoms with van der Waals surface area (Å²) in [5.74, 6) is -0.0981. The number of hydrogen-bond donors (Lipinski definition) is 1. The van der Waals surface area contributed by atoms with Gasteiger partial charge in [-0.05, 0) is 19.1 Å². The average Bonchev–Trinajstić information content (AvgIpc) is 3.22. The summed E-state index contributed by atoms with van der Waals surface area (Å²) in [4.78, 5) is 24.3. The van der Waals surface area contributed by atoms with Crippen LogP contribution in [-0.4, -0.2) is 20.3 Å². The molecule has 0 atom stereocenters. The third-order valence-electron chi connectivity index (χ3n) is 3.23. The minimum absolute atomic E-state index is 0.0981. The van der Waals surface area contributed by atoms with Gasteiger partial charge in [0.2, 0.25) is 5.91 Å². The first-order valence-corrected chi connectivity index (χ1v) is 9.48. The molecule has 0 aliphatic rings. The van der Waals surface area contributed by atoms with Gasteiger partial charge in [-0.1, -0.05) is 0 Å². The van der Waals surface area contributed by atoms with Crippen LogP contribution in [0.1, 0.15) is 10.6 Å². The number of aryl methyl sites for hydroxylation is 1. The summed E-state index contributed by atoms with van der Waals surface area (Å²) in [7, 11) is 0. The Kier molecular flexibility index (Phi) is 3.72. The Morgan fingerprint density at radius 2 is 2.22 bits per heavy atom. The second kappa shape index (κ2) is 5.88. The summed E-state index contributed by atoms with van der Waals surface area (Å²) in [6.07, 6.45) is 4.07. The molecule has 0 aromatic carbocycles. The maximum absolute atomic E-state index is 12.1. The molecular weight excluding hydrogens is 348 g/mol. The van der Waals surface area contributed by atoms with Crippen LogP contribution in [0.15, 0.2) is 35.3 Å². The SMILES string of the molecule is Cc1ccc(-c2csc(NC(=O)Cc3cn4ccsc4n3)n2)s1. The van der Waals surface area contributed by atoms with E-state index in [4.69, 9.17) is 0 Å². The number of nitrogens with zero attached hydrogens (tertiary/aromatic N) is 3. The average molecular weight is 360 g/mol. The lowest BCUT2D eigenvalue weighted by Crippen LogP contribution is -2.14. The van der Waals surface area contributed by atoms with Gasteiger partial charge in [0, 0.05) is 28.0 Å². The monoisotopic (exact) mass is 360 g/mol. The molecule has 0 saturated heterocycles. The molecule has 4 aromatic heterocycles. The molecule has 4 rings (SSSR count). The van der Waals surface area contributed by atoms with Gasteiger partial charge in [-0.15, -0.1) is 34.0 Å². The lowest BCUT2D eigenvalue weighted by Gasteiger charge is -1.98. The lowest BCUT2D eigenvalue weighted by molar-refractivity contribution is -0.115. The van der Waals surface area contributed by atoms with Crippen molar-refractivity contribution >= 4 is 50.0 Å². The fourth-order valence-corrected chi connectivity index (χ4v) is 4.55. The molecule has 1 N–H and O–H groups in total. The molecule has 23 heavy (non-hydrogen) atoms. The highest BCUT2D eigenvalue weighted by molar-refractivity contribution is 7.17. The Labute approximate surface area is 144 Å². The topological polar surface area (TPSA) is 59.3 Å². The third kappa shape index (κ3) is 3.05. The summed E-state index contributed by atoms with van der Waals surface area (Å²) in [5.41, 5.74) is 1.67. The van der Waals surface area contributed by atoms with Crippen LogP contribution < -0.4 is 5.32 Å². The molecule has 8 heteroatoms. The number of amides is 1. The lowest BCUT2D eigenvalue weighted by atomic mass is 10.3. The fraction of sp³-hybridized carbons (Fsp3) is 0.133. The molecule has 4 aromatic rings. The first-order chi connectivity index (χ1) is 11.2. The second-order valence-corrected chi connectivity index (χ2v) is 8.02. The predicted molar refractivity (Wildman–Crippen MR) is 95.6 cm³/mol. The van der Waals surface area contributed by atoms with E-state index in [2.05, 4.69) is 34.3 Å². The van der Waals surface area contributed by atoms with E-state index in [0.717, 1.165) is 21.2 Å². The highest BCUT2D eigenvalue weighted by atomic mass is 32.1. The van der Waals surface area contributed by atoms with Crippen molar-refractivity contribution in [2.24, 2.45) is 0 Å². The van der Waals surface area contributed by atoms with E-state index in [1.54, 1.807) is 22.7 Å². The van der Waals surface area contributed by atoms with Gasteiger partial charge < -0.3 is 5.32 Å². The Morgan fingerprint density at radius 3 is 3.00 bits per heavy atom. The van der Waals surface area contributed by atoms with E-state index in [1.165, 1.54) is 16.2 Å². The van der Waals surface area contributed by atoms with Crippen molar-refractivity contribution < 1.29 is 4.79 Å². The molecule has 116 valence electrons. The fourth-order valence-electron chi connectivity index (χ4n) is 2.21. The van der Waals surface area contributed by atoms with Crippen molar-refractivity contribution in [2.75, 3.05) is 5.32 Å². The van der Waals surface area contributed by atoms with E-state index in [-0.39, 0.29) is 12.3 Å². The van der Waals surface area contributed by atoms with Gasteiger partial charge in [0.1, 0.15) is 0 Å². The molecule has 0 aliphatic heterocycles. The number of thiophene rings is 1. The summed E-state index contributed by atoms with van der Waals surface area (Å²) in [6, 6.07) is 4.13. The maximum atomic E-state index is 12.1. The van der Waals surface area contributed by atoms with Crippen LogP contribution in [0.2, 0.25) is 0 Å². The number of aromatic nitrogens is 3. The summed E-state index contributed by atoms with van der Waals surface area (Å²) >= 11 is 4.69. The zero-order valence-corrected chi connectivity index (χ0v) is 14.6. The van der Waals surface area contributed by atoms with Crippen molar-refractivity contribution in [3.63, 3.8) is 0 Å². The smallest absolute Gasteiger partial charge is 0.232 e. The number of fused-ring (bicyclic) bond motifs is 1. The standard InChI is InChI=1S/C15H12N4OS3/c1-9-2-3-12(23-9)11-8-22-14(17-11)18-13(20)6-10-7-19-4-5-21-15(19)16-10/h2-5,7-8H,6H2,1H3,(H,17,18,20). The molecule has 5 nitrogen and oxygen atoms in total. The first-order valence-electron chi connectivity index (χ1n) is 6.90. The van der Waals surface area contributed by atoms with Crippen molar-refractivity contribution in [1.82, 2.24) is 14.4 Å². The molecular formula is C15H12N4OS3. The van der Waals surface area contributed by atoms with Crippen LogP contribution in [-0.2, 0) is 11.2 Å². The van der Waals surface area contributed by atoms with Crippen LogP contribution in [0.25, 0.3) is 15.5 Å². The Bertz CT molecular complexity index is 949. The molecule has 0 unspecified atom stereocenters. The number of hydrogen-bond acceptors (Lipinski definition) is 6. The highest BCUT2D eigenvalue weighted by Crippen LogP contribution is 2.30. The molecule has 1 amide bonds.